The number of carbonyl (C=O) groups excluding carboxylic acids is 1. The molecule has 2 aromatic rings. The smallest absolute Gasteiger partial charge is 0.240 e. The highest BCUT2D eigenvalue weighted by atomic mass is 35.5. The molecule has 1 aromatic carbocycles. The molecule has 1 aliphatic heterocycles. The standard InChI is InChI=1S/C19H26ClN5O3/c1-13(2)19-22-18(28-23-19)12-25-8-6-24(7-9-25)11-17(26)21-15-10-14(20)4-5-16(15)27-3/h4-5,10,13H,6-9,11-12H2,1-3H3,(H,21,26). The van der Waals surface area contributed by atoms with Crippen LogP contribution in [0.3, 0.4) is 0 Å². The third-order valence-corrected chi connectivity index (χ3v) is 4.86. The molecule has 0 bridgehead atoms. The number of rotatable bonds is 7. The van der Waals surface area contributed by atoms with Gasteiger partial charge in [-0.3, -0.25) is 14.6 Å². The molecule has 8 nitrogen and oxygen atoms in total. The SMILES string of the molecule is COc1ccc(Cl)cc1NC(=O)CN1CCN(Cc2nc(C(C)C)no2)CC1. The van der Waals surface area contributed by atoms with E-state index >= 15 is 0 Å². The number of halogens is 1. The molecule has 1 fully saturated rings. The van der Waals surface area contributed by atoms with Crippen LogP contribution in [0, 0.1) is 0 Å². The first-order valence-electron chi connectivity index (χ1n) is 9.35. The van der Waals surface area contributed by atoms with E-state index in [0.717, 1.165) is 32.0 Å². The van der Waals surface area contributed by atoms with E-state index in [-0.39, 0.29) is 11.8 Å². The number of carbonyl (C=O) groups is 1. The van der Waals surface area contributed by atoms with Crippen molar-refractivity contribution in [1.82, 2.24) is 19.9 Å². The van der Waals surface area contributed by atoms with Gasteiger partial charge in [-0.2, -0.15) is 4.98 Å². The average molecular weight is 408 g/mol. The van der Waals surface area contributed by atoms with Crippen LogP contribution in [0.2, 0.25) is 5.02 Å². The van der Waals surface area contributed by atoms with E-state index in [1.165, 1.54) is 0 Å². The second-order valence-electron chi connectivity index (χ2n) is 7.15. The second-order valence-corrected chi connectivity index (χ2v) is 7.58. The fourth-order valence-electron chi connectivity index (χ4n) is 3.03. The summed E-state index contributed by atoms with van der Waals surface area (Å²) in [5, 5.41) is 7.42. The number of piperazine rings is 1. The number of ether oxygens (including phenoxy) is 1. The van der Waals surface area contributed by atoms with E-state index in [1.54, 1.807) is 25.3 Å². The number of hydrogen-bond acceptors (Lipinski definition) is 7. The van der Waals surface area contributed by atoms with Crippen molar-refractivity contribution < 1.29 is 14.1 Å². The minimum absolute atomic E-state index is 0.0903. The Balaban J connectivity index is 1.46. The molecule has 1 N–H and O–H groups in total. The Morgan fingerprint density at radius 1 is 1.29 bits per heavy atom. The zero-order chi connectivity index (χ0) is 20.1. The minimum Gasteiger partial charge on any atom is -0.495 e. The van der Waals surface area contributed by atoms with Crippen molar-refractivity contribution in [2.45, 2.75) is 26.3 Å². The number of benzene rings is 1. The van der Waals surface area contributed by atoms with E-state index < -0.39 is 0 Å². The summed E-state index contributed by atoms with van der Waals surface area (Å²) in [6, 6.07) is 5.15. The number of aromatic nitrogens is 2. The normalized spacial score (nSPS) is 15.8. The molecular formula is C19H26ClN5O3. The summed E-state index contributed by atoms with van der Waals surface area (Å²) in [5.74, 6) is 2.13. The number of methoxy groups -OCH3 is 1. The Hall–Kier alpha value is -2.16. The molecule has 1 amide bonds. The van der Waals surface area contributed by atoms with Gasteiger partial charge >= 0.3 is 0 Å². The van der Waals surface area contributed by atoms with Gasteiger partial charge in [-0.25, -0.2) is 0 Å². The van der Waals surface area contributed by atoms with Crippen LogP contribution in [0.4, 0.5) is 5.69 Å². The largest absolute Gasteiger partial charge is 0.495 e. The quantitative estimate of drug-likeness (QED) is 0.755. The Bertz CT molecular complexity index is 803. The van der Waals surface area contributed by atoms with Gasteiger partial charge in [-0.15, -0.1) is 0 Å². The van der Waals surface area contributed by atoms with Gasteiger partial charge < -0.3 is 14.6 Å². The number of nitrogens with zero attached hydrogens (tertiary/aromatic N) is 4. The molecule has 1 aromatic heterocycles. The lowest BCUT2D eigenvalue weighted by Crippen LogP contribution is -2.48. The van der Waals surface area contributed by atoms with Gasteiger partial charge in [-0.05, 0) is 18.2 Å². The molecule has 0 radical (unpaired) electrons. The zero-order valence-electron chi connectivity index (χ0n) is 16.4. The second kappa shape index (κ2) is 9.36. The number of nitrogens with one attached hydrogen (secondary N) is 1. The molecule has 9 heteroatoms. The number of anilines is 1. The highest BCUT2D eigenvalue weighted by Gasteiger charge is 2.21. The fourth-order valence-corrected chi connectivity index (χ4v) is 3.21. The lowest BCUT2D eigenvalue weighted by molar-refractivity contribution is -0.117. The van der Waals surface area contributed by atoms with Gasteiger partial charge in [0, 0.05) is 37.1 Å². The van der Waals surface area contributed by atoms with Crippen molar-refractivity contribution in [1.29, 1.82) is 0 Å². The van der Waals surface area contributed by atoms with Crippen molar-refractivity contribution in [2.24, 2.45) is 0 Å². The van der Waals surface area contributed by atoms with Gasteiger partial charge in [0.15, 0.2) is 5.82 Å². The van der Waals surface area contributed by atoms with Crippen LogP contribution in [0.25, 0.3) is 0 Å². The topological polar surface area (TPSA) is 83.7 Å². The van der Waals surface area contributed by atoms with Crippen LogP contribution in [0.5, 0.6) is 5.75 Å². The number of amides is 1. The predicted octanol–water partition coefficient (Wildman–Crippen LogP) is 2.61. The average Bonchev–Trinajstić information content (AvgIpc) is 3.12. The van der Waals surface area contributed by atoms with E-state index in [4.69, 9.17) is 20.9 Å². The van der Waals surface area contributed by atoms with Crippen LogP contribution >= 0.6 is 11.6 Å². The predicted molar refractivity (Wildman–Crippen MR) is 107 cm³/mol. The van der Waals surface area contributed by atoms with E-state index in [0.29, 0.717) is 35.4 Å². The molecule has 1 aliphatic rings. The minimum atomic E-state index is -0.0903. The summed E-state index contributed by atoms with van der Waals surface area (Å²) in [4.78, 5) is 21.2. The molecule has 0 saturated carbocycles. The molecule has 0 aliphatic carbocycles. The van der Waals surface area contributed by atoms with Gasteiger partial charge in [0.25, 0.3) is 0 Å². The van der Waals surface area contributed by atoms with E-state index in [1.807, 2.05) is 13.8 Å². The highest BCUT2D eigenvalue weighted by Crippen LogP contribution is 2.27. The Labute approximate surface area is 169 Å². The van der Waals surface area contributed by atoms with Gasteiger partial charge in [-0.1, -0.05) is 30.6 Å². The van der Waals surface area contributed by atoms with Crippen LogP contribution in [0.1, 0.15) is 31.5 Å². The third kappa shape index (κ3) is 5.43. The maximum absolute atomic E-state index is 12.4. The lowest BCUT2D eigenvalue weighted by Gasteiger charge is -2.33. The van der Waals surface area contributed by atoms with Crippen LogP contribution < -0.4 is 10.1 Å². The van der Waals surface area contributed by atoms with Crippen molar-refractivity contribution >= 4 is 23.2 Å². The Morgan fingerprint density at radius 2 is 2.00 bits per heavy atom. The summed E-state index contributed by atoms with van der Waals surface area (Å²) < 4.78 is 10.6. The van der Waals surface area contributed by atoms with E-state index in [9.17, 15) is 4.79 Å². The lowest BCUT2D eigenvalue weighted by atomic mass is 10.2. The number of hydrogen-bond donors (Lipinski definition) is 1. The van der Waals surface area contributed by atoms with E-state index in [2.05, 4.69) is 25.3 Å². The first-order valence-corrected chi connectivity index (χ1v) is 9.73. The summed E-state index contributed by atoms with van der Waals surface area (Å²) in [5.41, 5.74) is 0.580. The first kappa shape index (κ1) is 20.6. The molecule has 28 heavy (non-hydrogen) atoms. The Morgan fingerprint density at radius 3 is 2.64 bits per heavy atom. The van der Waals surface area contributed by atoms with Gasteiger partial charge in [0.2, 0.25) is 11.8 Å². The summed E-state index contributed by atoms with van der Waals surface area (Å²) in [6.45, 7) is 8.31. The highest BCUT2D eigenvalue weighted by molar-refractivity contribution is 6.31. The zero-order valence-corrected chi connectivity index (χ0v) is 17.2. The molecule has 3 rings (SSSR count). The van der Waals surface area contributed by atoms with Crippen LogP contribution in [-0.2, 0) is 11.3 Å². The molecule has 152 valence electrons. The van der Waals surface area contributed by atoms with Gasteiger partial charge in [0.1, 0.15) is 5.75 Å². The first-order chi connectivity index (χ1) is 13.4. The van der Waals surface area contributed by atoms with Crippen LogP contribution in [0.15, 0.2) is 22.7 Å². The maximum Gasteiger partial charge on any atom is 0.240 e. The summed E-state index contributed by atoms with van der Waals surface area (Å²) in [6.07, 6.45) is 0. The van der Waals surface area contributed by atoms with Crippen molar-refractivity contribution in [3.63, 3.8) is 0 Å². The molecule has 1 saturated heterocycles. The van der Waals surface area contributed by atoms with Crippen LogP contribution in [-0.4, -0.2) is 65.7 Å². The molecule has 0 atom stereocenters. The molecule has 0 unspecified atom stereocenters. The fraction of sp³-hybridized carbons (Fsp3) is 0.526. The summed E-state index contributed by atoms with van der Waals surface area (Å²) >= 11 is 6.01. The monoisotopic (exact) mass is 407 g/mol. The van der Waals surface area contributed by atoms with Crippen molar-refractivity contribution in [3.8, 4) is 5.75 Å². The van der Waals surface area contributed by atoms with Crippen molar-refractivity contribution in [2.75, 3.05) is 45.2 Å². The van der Waals surface area contributed by atoms with Gasteiger partial charge in [0.05, 0.1) is 25.9 Å². The molecule has 0 spiro atoms. The Kier molecular flexibility index (Phi) is 6.88. The molecule has 2 heterocycles. The summed E-state index contributed by atoms with van der Waals surface area (Å²) in [7, 11) is 1.56. The van der Waals surface area contributed by atoms with Crippen molar-refractivity contribution in [3.05, 3.63) is 34.9 Å². The third-order valence-electron chi connectivity index (χ3n) is 4.63. The molecular weight excluding hydrogens is 382 g/mol. The maximum atomic E-state index is 12.4.